The molecule has 0 aliphatic carbocycles. The van der Waals surface area contributed by atoms with E-state index in [1.807, 2.05) is 21.0 Å². The molecule has 0 saturated heterocycles. The molecule has 0 heterocycles. The topological polar surface area (TPSA) is 17.1 Å². The number of quaternary nitrogens is 1. The molecule has 0 radical (unpaired) electrons. The maximum absolute atomic E-state index is 12.4. The first-order valence-electron chi connectivity index (χ1n) is 11.4. The van der Waals surface area contributed by atoms with Crippen molar-refractivity contribution in [3.8, 4) is 0 Å². The monoisotopic (exact) mass is 445 g/mol. The predicted octanol–water partition coefficient (Wildman–Crippen LogP) is 4.43. The number of nitrogens with zero attached hydrogens (tertiary/aromatic N) is 1. The Morgan fingerprint density at radius 2 is 1.15 bits per heavy atom. The molecular weight excluding hydrogens is 398 g/mol. The number of likely N-dealkylation sites (N-methyl/N-ethyl adjacent to an activating group) is 1. The highest BCUT2D eigenvalue weighted by atomic mass is 79.9. The molecule has 0 aromatic carbocycles. The molecule has 2 nitrogen and oxygen atoms in total. The van der Waals surface area contributed by atoms with Crippen molar-refractivity contribution in [3.63, 3.8) is 0 Å². The van der Waals surface area contributed by atoms with Gasteiger partial charge in [0.2, 0.25) is 0 Å². The third-order valence-electron chi connectivity index (χ3n) is 5.91. The Balaban J connectivity index is 0. The first kappa shape index (κ1) is 29.1. The third kappa shape index (κ3) is 13.6. The Morgan fingerprint density at radius 3 is 1.48 bits per heavy atom. The summed E-state index contributed by atoms with van der Waals surface area (Å²) in [5.41, 5.74) is 0.679. The van der Waals surface area contributed by atoms with E-state index in [1.54, 1.807) is 0 Å². The fraction of sp³-hybridized carbons (Fsp3) is 0.875. The molecule has 0 saturated carbocycles. The second kappa shape index (κ2) is 17.9. The number of carbonyl (C=O) groups excluding carboxylic acids is 1. The van der Waals surface area contributed by atoms with Crippen molar-refractivity contribution < 1.29 is 26.3 Å². The molecule has 3 heteroatoms. The van der Waals surface area contributed by atoms with Gasteiger partial charge in [-0.1, -0.05) is 97.5 Å². The molecule has 0 aromatic heterocycles. The van der Waals surface area contributed by atoms with Crippen molar-refractivity contribution in [1.29, 1.82) is 0 Å². The predicted molar refractivity (Wildman–Crippen MR) is 116 cm³/mol. The van der Waals surface area contributed by atoms with E-state index in [9.17, 15) is 4.79 Å². The highest BCUT2D eigenvalue weighted by Crippen LogP contribution is 2.21. The minimum Gasteiger partial charge on any atom is -1.00 e. The van der Waals surface area contributed by atoms with Crippen LogP contribution < -0.4 is 17.0 Å². The molecule has 0 rings (SSSR count). The molecule has 1 atom stereocenters. The number of hydrogen-bond acceptors (Lipinski definition) is 1. The van der Waals surface area contributed by atoms with E-state index in [4.69, 9.17) is 0 Å². The minimum absolute atomic E-state index is 0. The molecule has 162 valence electrons. The zero-order valence-electron chi connectivity index (χ0n) is 19.1. The van der Waals surface area contributed by atoms with Crippen LogP contribution in [-0.4, -0.2) is 30.5 Å². The maximum atomic E-state index is 12.4. The van der Waals surface area contributed by atoms with Gasteiger partial charge >= 0.3 is 5.91 Å². The summed E-state index contributed by atoms with van der Waals surface area (Å²) in [4.78, 5) is 12.4. The van der Waals surface area contributed by atoms with Gasteiger partial charge in [-0.25, -0.2) is 4.79 Å². The standard InChI is InChI=1S/C24H48NO.BrH/c1-7-9-10-11-12-13-14-15-16-17-18-19-20-21-23(8-2)25(5,6)24(26)22(3)4;/h23H,3,7-21H2,1-2,4-6H3;1H/q+1;/p-1. The average Bonchev–Trinajstić information content (AvgIpc) is 2.61. The molecule has 0 aliphatic rings. The summed E-state index contributed by atoms with van der Waals surface area (Å²) in [6.07, 6.45) is 20.3. The summed E-state index contributed by atoms with van der Waals surface area (Å²) in [7, 11) is 4.10. The molecule has 0 aliphatic heterocycles. The summed E-state index contributed by atoms with van der Waals surface area (Å²) in [6, 6.07) is 0.423. The fourth-order valence-corrected chi connectivity index (χ4v) is 4.04. The number of hydrogen-bond donors (Lipinski definition) is 0. The number of halogens is 1. The second-order valence-electron chi connectivity index (χ2n) is 8.72. The molecule has 27 heavy (non-hydrogen) atoms. The Bertz CT molecular complexity index is 379. The van der Waals surface area contributed by atoms with E-state index < -0.39 is 0 Å². The Morgan fingerprint density at radius 1 is 0.778 bits per heavy atom. The Labute approximate surface area is 181 Å². The fourth-order valence-electron chi connectivity index (χ4n) is 4.04. The Hall–Kier alpha value is -0.150. The zero-order chi connectivity index (χ0) is 19.8. The van der Waals surface area contributed by atoms with Crippen LogP contribution in [0.4, 0.5) is 0 Å². The van der Waals surface area contributed by atoms with E-state index in [-0.39, 0.29) is 22.9 Å². The van der Waals surface area contributed by atoms with Gasteiger partial charge < -0.3 is 17.0 Å². The van der Waals surface area contributed by atoms with Gasteiger partial charge in [-0.2, -0.15) is 0 Å². The summed E-state index contributed by atoms with van der Waals surface area (Å²) < 4.78 is 0.462. The summed E-state index contributed by atoms with van der Waals surface area (Å²) >= 11 is 0. The number of rotatable bonds is 17. The zero-order valence-corrected chi connectivity index (χ0v) is 20.7. The lowest BCUT2D eigenvalue weighted by Crippen LogP contribution is -3.00. The molecule has 0 bridgehead atoms. The average molecular weight is 447 g/mol. The Kier molecular flexibility index (Phi) is 19.3. The van der Waals surface area contributed by atoms with Crippen molar-refractivity contribution in [2.24, 2.45) is 0 Å². The van der Waals surface area contributed by atoms with Crippen LogP contribution in [0.25, 0.3) is 0 Å². The largest absolute Gasteiger partial charge is 1.00 e. The van der Waals surface area contributed by atoms with Crippen molar-refractivity contribution in [3.05, 3.63) is 12.2 Å². The number of amides is 1. The normalized spacial score (nSPS) is 12.5. The van der Waals surface area contributed by atoms with Crippen LogP contribution in [0, 0.1) is 0 Å². The van der Waals surface area contributed by atoms with Crippen LogP contribution in [0.1, 0.15) is 117 Å². The van der Waals surface area contributed by atoms with Gasteiger partial charge in [0.25, 0.3) is 0 Å². The smallest absolute Gasteiger partial charge is 0.340 e. The maximum Gasteiger partial charge on any atom is 0.340 e. The van der Waals surface area contributed by atoms with E-state index in [1.165, 1.54) is 83.5 Å². The van der Waals surface area contributed by atoms with E-state index in [0.29, 0.717) is 16.1 Å². The highest BCUT2D eigenvalue weighted by molar-refractivity contribution is 5.86. The lowest BCUT2D eigenvalue weighted by Gasteiger charge is -2.35. The first-order chi connectivity index (χ1) is 12.4. The molecule has 0 aromatic rings. The number of unbranched alkanes of at least 4 members (excludes halogenated alkanes) is 12. The summed E-state index contributed by atoms with van der Waals surface area (Å²) in [6.45, 7) is 10.2. The molecule has 1 unspecified atom stereocenters. The SMILES string of the molecule is C=C(C)C(=O)[N+](C)(C)C(CC)CCCCCCCCCCCCCCC.[Br-]. The van der Waals surface area contributed by atoms with Crippen LogP contribution in [0.5, 0.6) is 0 Å². The van der Waals surface area contributed by atoms with Gasteiger partial charge in [0.15, 0.2) is 0 Å². The minimum atomic E-state index is 0. The van der Waals surface area contributed by atoms with Crippen molar-refractivity contribution in [2.45, 2.75) is 123 Å². The van der Waals surface area contributed by atoms with E-state index in [0.717, 1.165) is 12.8 Å². The number of carbonyl (C=O) groups is 1. The van der Waals surface area contributed by atoms with E-state index >= 15 is 0 Å². The van der Waals surface area contributed by atoms with Crippen LogP contribution in [0.2, 0.25) is 0 Å². The third-order valence-corrected chi connectivity index (χ3v) is 5.91. The van der Waals surface area contributed by atoms with Crippen molar-refractivity contribution in [1.82, 2.24) is 0 Å². The lowest BCUT2D eigenvalue weighted by molar-refractivity contribution is -0.839. The molecule has 1 amide bonds. The van der Waals surface area contributed by atoms with Gasteiger partial charge in [-0.15, -0.1) is 0 Å². The van der Waals surface area contributed by atoms with Gasteiger partial charge in [0.05, 0.1) is 20.1 Å². The van der Waals surface area contributed by atoms with Crippen molar-refractivity contribution in [2.75, 3.05) is 14.1 Å². The van der Waals surface area contributed by atoms with Gasteiger partial charge in [-0.05, 0) is 26.2 Å². The van der Waals surface area contributed by atoms with Crippen LogP contribution in [0.15, 0.2) is 12.2 Å². The second-order valence-corrected chi connectivity index (χ2v) is 8.72. The first-order valence-corrected chi connectivity index (χ1v) is 11.4. The van der Waals surface area contributed by atoms with Gasteiger partial charge in [0, 0.05) is 5.57 Å². The van der Waals surface area contributed by atoms with Crippen LogP contribution >= 0.6 is 0 Å². The molecule has 0 spiro atoms. The van der Waals surface area contributed by atoms with Crippen molar-refractivity contribution >= 4 is 5.91 Å². The molecular formula is C24H48BrNO. The molecule has 0 N–H and O–H groups in total. The van der Waals surface area contributed by atoms with E-state index in [2.05, 4.69) is 20.4 Å². The van der Waals surface area contributed by atoms with Gasteiger partial charge in [0.1, 0.15) is 0 Å². The highest BCUT2D eigenvalue weighted by Gasteiger charge is 2.34. The quantitative estimate of drug-likeness (QED) is 0.184. The van der Waals surface area contributed by atoms with Gasteiger partial charge in [-0.3, -0.25) is 4.48 Å². The van der Waals surface area contributed by atoms with Crippen LogP contribution in [0.3, 0.4) is 0 Å². The summed E-state index contributed by atoms with van der Waals surface area (Å²) in [5, 5.41) is 0. The lowest BCUT2D eigenvalue weighted by atomic mass is 10.00. The summed E-state index contributed by atoms with van der Waals surface area (Å²) in [5.74, 6) is 0.187. The van der Waals surface area contributed by atoms with Crippen LogP contribution in [-0.2, 0) is 4.79 Å². The molecule has 0 fully saturated rings.